The van der Waals surface area contributed by atoms with Crippen molar-refractivity contribution in [3.8, 4) is 0 Å². The van der Waals surface area contributed by atoms with Gasteiger partial charge in [-0.3, -0.25) is 14.4 Å². The van der Waals surface area contributed by atoms with Crippen LogP contribution in [0.4, 0.5) is 0 Å². The number of carboxylic acid groups (broad SMARTS) is 3. The fourth-order valence-electron chi connectivity index (χ4n) is 4.91. The van der Waals surface area contributed by atoms with Gasteiger partial charge in [0.15, 0.2) is 0 Å². The van der Waals surface area contributed by atoms with Gasteiger partial charge in [-0.25, -0.2) is 0 Å². The molecule has 0 rings (SSSR count). The average molecular weight is 527 g/mol. The molecular weight excluding hydrogens is 470 g/mol. The summed E-state index contributed by atoms with van der Waals surface area (Å²) in [4.78, 5) is 33.4. The summed E-state index contributed by atoms with van der Waals surface area (Å²) in [5, 5.41) is 27.3. The smallest absolute Gasteiger partial charge is 0.309 e. The van der Waals surface area contributed by atoms with Crippen LogP contribution >= 0.6 is 0 Å². The van der Waals surface area contributed by atoms with Crippen LogP contribution in [0.3, 0.4) is 0 Å². The van der Waals surface area contributed by atoms with E-state index in [-0.39, 0.29) is 43.4 Å². The molecular formula is C30H56NO6+. The summed E-state index contributed by atoms with van der Waals surface area (Å²) >= 11 is 0. The maximum atomic E-state index is 11.1. The Hall–Kier alpha value is -1.89. The van der Waals surface area contributed by atoms with Crippen LogP contribution < -0.4 is 0 Å². The summed E-state index contributed by atoms with van der Waals surface area (Å²) in [5.41, 5.74) is 0. The molecule has 0 saturated heterocycles. The standard InChI is InChI=1S/C30H55NO6/c1-2-3-4-5-6-7-8-9-10-11-12-13-14-15-16-17-18-19-20-24-31(25-21-28(32)33,26-22-29(34)35)27-23-30(36)37/h17-18H,2-16,19-27H2,1H3,(H2-,32,33,34,35,36,37)/p+1/b18-17+. The third-order valence-electron chi connectivity index (χ3n) is 7.29. The van der Waals surface area contributed by atoms with Gasteiger partial charge in [0.05, 0.1) is 45.4 Å². The fourth-order valence-corrected chi connectivity index (χ4v) is 4.91. The lowest BCUT2D eigenvalue weighted by atomic mass is 10.0. The van der Waals surface area contributed by atoms with Crippen molar-refractivity contribution in [1.82, 2.24) is 0 Å². The molecule has 37 heavy (non-hydrogen) atoms. The number of allylic oxidation sites excluding steroid dienone is 2. The van der Waals surface area contributed by atoms with Crippen molar-refractivity contribution in [2.75, 3.05) is 26.2 Å². The highest BCUT2D eigenvalue weighted by Gasteiger charge is 2.29. The van der Waals surface area contributed by atoms with E-state index >= 15 is 0 Å². The van der Waals surface area contributed by atoms with Gasteiger partial charge in [0.2, 0.25) is 0 Å². The second kappa shape index (κ2) is 24.4. The number of quaternary nitrogens is 1. The SMILES string of the molecule is CCCCCCCCCCCCCCCC/C=C/CCC[N+](CCC(=O)O)(CCC(=O)O)CCC(=O)O. The minimum absolute atomic E-state index is 0.0891. The second-order valence-corrected chi connectivity index (χ2v) is 10.7. The summed E-state index contributed by atoms with van der Waals surface area (Å²) in [7, 11) is 0. The van der Waals surface area contributed by atoms with Gasteiger partial charge < -0.3 is 19.8 Å². The molecule has 0 heterocycles. The minimum Gasteiger partial charge on any atom is -0.481 e. The van der Waals surface area contributed by atoms with Gasteiger partial charge in [-0.05, 0) is 19.3 Å². The molecule has 0 aliphatic rings. The van der Waals surface area contributed by atoms with E-state index in [1.165, 1.54) is 89.9 Å². The molecule has 0 aromatic heterocycles. The maximum absolute atomic E-state index is 11.1. The van der Waals surface area contributed by atoms with Gasteiger partial charge in [-0.2, -0.15) is 0 Å². The summed E-state index contributed by atoms with van der Waals surface area (Å²) in [6.45, 7) is 3.65. The summed E-state index contributed by atoms with van der Waals surface area (Å²) in [6, 6.07) is 0. The van der Waals surface area contributed by atoms with E-state index < -0.39 is 17.9 Å². The van der Waals surface area contributed by atoms with Crippen LogP contribution in [-0.2, 0) is 14.4 Å². The Morgan fingerprint density at radius 1 is 0.486 bits per heavy atom. The van der Waals surface area contributed by atoms with Crippen LogP contribution in [0.1, 0.15) is 135 Å². The Kier molecular flexibility index (Phi) is 23.2. The molecule has 0 bridgehead atoms. The number of aliphatic carboxylic acids is 3. The zero-order valence-corrected chi connectivity index (χ0v) is 23.6. The number of hydrogen-bond donors (Lipinski definition) is 3. The molecule has 7 heteroatoms. The molecule has 0 unspecified atom stereocenters. The quantitative estimate of drug-likeness (QED) is 0.0555. The number of carboxylic acids is 3. The third kappa shape index (κ3) is 24.2. The van der Waals surface area contributed by atoms with Crippen LogP contribution in [-0.4, -0.2) is 63.9 Å². The zero-order chi connectivity index (χ0) is 27.6. The predicted molar refractivity (Wildman–Crippen MR) is 150 cm³/mol. The molecule has 0 aliphatic carbocycles. The van der Waals surface area contributed by atoms with Gasteiger partial charge in [-0.15, -0.1) is 0 Å². The van der Waals surface area contributed by atoms with E-state index in [0.29, 0.717) is 6.54 Å². The number of nitrogens with zero attached hydrogens (tertiary/aromatic N) is 1. The third-order valence-corrected chi connectivity index (χ3v) is 7.29. The largest absolute Gasteiger partial charge is 0.481 e. The molecule has 0 aliphatic heterocycles. The monoisotopic (exact) mass is 526 g/mol. The number of carbonyl (C=O) groups is 3. The van der Waals surface area contributed by atoms with Crippen LogP contribution in [0.15, 0.2) is 12.2 Å². The number of unbranched alkanes of at least 4 members (excludes halogenated alkanes) is 15. The summed E-state index contributed by atoms with van der Waals surface area (Å²) < 4.78 is 0.234. The summed E-state index contributed by atoms with van der Waals surface area (Å²) in [5.74, 6) is -2.83. The molecule has 0 fully saturated rings. The number of rotatable bonds is 28. The van der Waals surface area contributed by atoms with Crippen molar-refractivity contribution in [2.24, 2.45) is 0 Å². The van der Waals surface area contributed by atoms with E-state index in [2.05, 4.69) is 19.1 Å². The molecule has 0 radical (unpaired) electrons. The van der Waals surface area contributed by atoms with Gasteiger partial charge >= 0.3 is 17.9 Å². The Morgan fingerprint density at radius 3 is 1.16 bits per heavy atom. The minimum atomic E-state index is -0.943. The van der Waals surface area contributed by atoms with E-state index in [1.54, 1.807) is 0 Å². The van der Waals surface area contributed by atoms with Crippen LogP contribution in [0.2, 0.25) is 0 Å². The zero-order valence-electron chi connectivity index (χ0n) is 23.6. The molecule has 7 nitrogen and oxygen atoms in total. The van der Waals surface area contributed by atoms with Crippen LogP contribution in [0, 0.1) is 0 Å². The highest BCUT2D eigenvalue weighted by molar-refractivity contribution is 5.67. The lowest BCUT2D eigenvalue weighted by molar-refractivity contribution is -0.927. The highest BCUT2D eigenvalue weighted by atomic mass is 16.4. The molecule has 0 aromatic carbocycles. The van der Waals surface area contributed by atoms with Gasteiger partial charge in [-0.1, -0.05) is 103 Å². The number of hydrogen-bond acceptors (Lipinski definition) is 3. The molecule has 0 saturated carbocycles. The van der Waals surface area contributed by atoms with Gasteiger partial charge in [0.1, 0.15) is 0 Å². The predicted octanol–water partition coefficient (Wildman–Crippen LogP) is 7.44. The molecule has 216 valence electrons. The average Bonchev–Trinajstić information content (AvgIpc) is 2.85. The molecule has 0 atom stereocenters. The van der Waals surface area contributed by atoms with Crippen molar-refractivity contribution < 1.29 is 34.2 Å². The van der Waals surface area contributed by atoms with Crippen molar-refractivity contribution in [2.45, 2.75) is 135 Å². The van der Waals surface area contributed by atoms with E-state index in [4.69, 9.17) is 15.3 Å². The van der Waals surface area contributed by atoms with Gasteiger partial charge in [0.25, 0.3) is 0 Å². The first-order valence-electron chi connectivity index (χ1n) is 15.0. The Balaban J connectivity index is 4.00. The van der Waals surface area contributed by atoms with E-state index in [1.807, 2.05) is 0 Å². The Labute approximate surface area is 225 Å². The summed E-state index contributed by atoms with van der Waals surface area (Å²) in [6.07, 6.45) is 25.8. The topological polar surface area (TPSA) is 112 Å². The van der Waals surface area contributed by atoms with Crippen molar-refractivity contribution in [3.05, 3.63) is 12.2 Å². The van der Waals surface area contributed by atoms with Crippen molar-refractivity contribution >= 4 is 17.9 Å². The van der Waals surface area contributed by atoms with Gasteiger partial charge in [0, 0.05) is 6.42 Å². The van der Waals surface area contributed by atoms with Crippen LogP contribution in [0.5, 0.6) is 0 Å². The first-order valence-corrected chi connectivity index (χ1v) is 15.0. The van der Waals surface area contributed by atoms with E-state index in [9.17, 15) is 14.4 Å². The normalized spacial score (nSPS) is 11.8. The highest BCUT2D eigenvalue weighted by Crippen LogP contribution is 2.16. The Morgan fingerprint density at radius 2 is 0.811 bits per heavy atom. The molecule has 0 spiro atoms. The first-order chi connectivity index (χ1) is 17.8. The second-order valence-electron chi connectivity index (χ2n) is 10.7. The maximum Gasteiger partial charge on any atom is 0.309 e. The molecule has 0 aromatic rings. The Bertz CT molecular complexity index is 574. The van der Waals surface area contributed by atoms with Crippen molar-refractivity contribution in [3.63, 3.8) is 0 Å². The first kappa shape index (κ1) is 35.1. The van der Waals surface area contributed by atoms with Crippen molar-refractivity contribution in [1.29, 1.82) is 0 Å². The molecule has 0 amide bonds. The lowest BCUT2D eigenvalue weighted by Crippen LogP contribution is -2.52. The molecule has 3 N–H and O–H groups in total. The fraction of sp³-hybridized carbons (Fsp3) is 0.833. The lowest BCUT2D eigenvalue weighted by Gasteiger charge is -2.38. The van der Waals surface area contributed by atoms with Crippen LogP contribution in [0.25, 0.3) is 0 Å². The van der Waals surface area contributed by atoms with E-state index in [0.717, 1.165) is 19.3 Å².